The van der Waals surface area contributed by atoms with Crippen molar-refractivity contribution < 1.29 is 9.53 Å². The van der Waals surface area contributed by atoms with Crippen molar-refractivity contribution in [3.05, 3.63) is 35.9 Å². The van der Waals surface area contributed by atoms with Gasteiger partial charge in [0.15, 0.2) is 0 Å². The smallest absolute Gasteiger partial charge is 0.310 e. The first-order chi connectivity index (χ1) is 7.27. The van der Waals surface area contributed by atoms with Gasteiger partial charge in [-0.25, -0.2) is 0 Å². The number of halogens is 1. The van der Waals surface area contributed by atoms with Crippen LogP contribution in [0.25, 0.3) is 0 Å². The summed E-state index contributed by atoms with van der Waals surface area (Å²) in [5.41, 5.74) is 6.66. The normalized spacial score (nSPS) is 11.4. The van der Waals surface area contributed by atoms with Gasteiger partial charge in [0, 0.05) is 6.54 Å². The van der Waals surface area contributed by atoms with Gasteiger partial charge < -0.3 is 10.5 Å². The number of esters is 1. The molecule has 2 N–H and O–H groups in total. The summed E-state index contributed by atoms with van der Waals surface area (Å²) < 4.78 is 4.95. The van der Waals surface area contributed by atoms with Crippen molar-refractivity contribution in [2.45, 2.75) is 13.3 Å². The summed E-state index contributed by atoms with van der Waals surface area (Å²) in [6.45, 7) is 2.53. The summed E-state index contributed by atoms with van der Waals surface area (Å²) in [6.07, 6.45) is 0.649. The largest absolute Gasteiger partial charge is 0.466 e. The molecule has 0 amide bonds. The van der Waals surface area contributed by atoms with Crippen molar-refractivity contribution in [2.24, 2.45) is 11.7 Å². The van der Waals surface area contributed by atoms with Crippen molar-refractivity contribution in [1.82, 2.24) is 0 Å². The maximum Gasteiger partial charge on any atom is 0.310 e. The van der Waals surface area contributed by atoms with Crippen molar-refractivity contribution >= 4 is 18.4 Å². The van der Waals surface area contributed by atoms with E-state index in [9.17, 15) is 4.79 Å². The molecule has 0 saturated carbocycles. The number of hydrogen-bond acceptors (Lipinski definition) is 3. The highest BCUT2D eigenvalue weighted by Gasteiger charge is 2.17. The molecule has 0 bridgehead atoms. The molecule has 0 heterocycles. The van der Waals surface area contributed by atoms with Crippen molar-refractivity contribution in [2.75, 3.05) is 13.2 Å². The molecule has 0 saturated heterocycles. The quantitative estimate of drug-likeness (QED) is 0.803. The maximum absolute atomic E-state index is 11.5. The molecule has 1 atom stereocenters. The molecule has 0 radical (unpaired) electrons. The molecule has 1 aromatic carbocycles. The lowest BCUT2D eigenvalue weighted by Crippen LogP contribution is -2.27. The maximum atomic E-state index is 11.5. The predicted octanol–water partition coefficient (Wildman–Crippen LogP) is 1.79. The summed E-state index contributed by atoms with van der Waals surface area (Å²) in [4.78, 5) is 11.5. The molecule has 1 unspecified atom stereocenters. The Morgan fingerprint density at radius 1 is 1.38 bits per heavy atom. The Hall–Kier alpha value is -1.06. The monoisotopic (exact) mass is 243 g/mol. The highest BCUT2D eigenvalue weighted by atomic mass is 35.5. The van der Waals surface area contributed by atoms with Crippen LogP contribution in [0.2, 0.25) is 0 Å². The molecule has 1 aromatic rings. The number of ether oxygens (including phenoxy) is 1. The lowest BCUT2D eigenvalue weighted by atomic mass is 10.00. The van der Waals surface area contributed by atoms with E-state index in [2.05, 4.69) is 0 Å². The van der Waals surface area contributed by atoms with Crippen LogP contribution in [0.5, 0.6) is 0 Å². The molecule has 4 heteroatoms. The van der Waals surface area contributed by atoms with Crippen LogP contribution in [0.4, 0.5) is 0 Å². The van der Waals surface area contributed by atoms with Crippen LogP contribution in [-0.2, 0) is 16.0 Å². The Kier molecular flexibility index (Phi) is 7.60. The standard InChI is InChI=1S/C12H17NO2.ClH/c1-2-15-12(14)11(9-13)8-10-6-4-3-5-7-10;/h3-7,11H,2,8-9,13H2,1H3;1H. The van der Waals surface area contributed by atoms with Crippen LogP contribution in [0.3, 0.4) is 0 Å². The number of benzene rings is 1. The minimum atomic E-state index is -0.229. The van der Waals surface area contributed by atoms with Gasteiger partial charge in [-0.15, -0.1) is 12.4 Å². The molecule has 0 spiro atoms. The molecule has 16 heavy (non-hydrogen) atoms. The van der Waals surface area contributed by atoms with E-state index < -0.39 is 0 Å². The molecule has 0 aliphatic heterocycles. The minimum absolute atomic E-state index is 0. The topological polar surface area (TPSA) is 52.3 Å². The summed E-state index contributed by atoms with van der Waals surface area (Å²) >= 11 is 0. The highest BCUT2D eigenvalue weighted by molar-refractivity contribution is 5.85. The second-order valence-electron chi connectivity index (χ2n) is 3.37. The Balaban J connectivity index is 0.00000225. The lowest BCUT2D eigenvalue weighted by Gasteiger charge is -2.13. The van der Waals surface area contributed by atoms with Gasteiger partial charge in [0.2, 0.25) is 0 Å². The van der Waals surface area contributed by atoms with Crippen LogP contribution in [-0.4, -0.2) is 19.1 Å². The third kappa shape index (κ3) is 4.64. The van der Waals surface area contributed by atoms with Gasteiger partial charge in [-0.3, -0.25) is 4.79 Å². The zero-order chi connectivity index (χ0) is 11.1. The van der Waals surface area contributed by atoms with E-state index in [-0.39, 0.29) is 24.3 Å². The summed E-state index contributed by atoms with van der Waals surface area (Å²) in [5.74, 6) is -0.434. The number of carbonyl (C=O) groups excluding carboxylic acids is 1. The van der Waals surface area contributed by atoms with E-state index in [4.69, 9.17) is 10.5 Å². The van der Waals surface area contributed by atoms with E-state index in [1.54, 1.807) is 6.92 Å². The minimum Gasteiger partial charge on any atom is -0.466 e. The van der Waals surface area contributed by atoms with Crippen LogP contribution in [0.15, 0.2) is 30.3 Å². The second kappa shape index (κ2) is 8.13. The van der Waals surface area contributed by atoms with Gasteiger partial charge in [0.05, 0.1) is 12.5 Å². The fourth-order valence-electron chi connectivity index (χ4n) is 1.42. The molecule has 0 aliphatic carbocycles. The van der Waals surface area contributed by atoms with Gasteiger partial charge >= 0.3 is 5.97 Å². The molecule has 0 fully saturated rings. The van der Waals surface area contributed by atoms with Crippen molar-refractivity contribution in [3.63, 3.8) is 0 Å². The second-order valence-corrected chi connectivity index (χ2v) is 3.37. The lowest BCUT2D eigenvalue weighted by molar-refractivity contribution is -0.147. The van der Waals surface area contributed by atoms with Gasteiger partial charge in [-0.2, -0.15) is 0 Å². The van der Waals surface area contributed by atoms with Gasteiger partial charge in [0.25, 0.3) is 0 Å². The first-order valence-corrected chi connectivity index (χ1v) is 5.18. The van der Waals surface area contributed by atoms with E-state index in [1.807, 2.05) is 30.3 Å². The van der Waals surface area contributed by atoms with E-state index in [0.717, 1.165) is 5.56 Å². The Morgan fingerprint density at radius 2 is 2.00 bits per heavy atom. The molecule has 0 aromatic heterocycles. The van der Waals surface area contributed by atoms with E-state index in [0.29, 0.717) is 19.6 Å². The molecular weight excluding hydrogens is 226 g/mol. The highest BCUT2D eigenvalue weighted by Crippen LogP contribution is 2.09. The van der Waals surface area contributed by atoms with Crippen molar-refractivity contribution in [1.29, 1.82) is 0 Å². The Morgan fingerprint density at radius 3 is 2.50 bits per heavy atom. The van der Waals surface area contributed by atoms with Crippen LogP contribution in [0.1, 0.15) is 12.5 Å². The van der Waals surface area contributed by atoms with Crippen LogP contribution in [0, 0.1) is 5.92 Å². The molecule has 90 valence electrons. The zero-order valence-electron chi connectivity index (χ0n) is 9.39. The molecule has 1 rings (SSSR count). The number of hydrogen-bond donors (Lipinski definition) is 1. The number of nitrogens with two attached hydrogens (primary N) is 1. The third-order valence-corrected chi connectivity index (χ3v) is 2.23. The average molecular weight is 244 g/mol. The molecular formula is C12H18ClNO2. The Labute approximate surface area is 102 Å². The summed E-state index contributed by atoms with van der Waals surface area (Å²) in [6, 6.07) is 9.83. The van der Waals surface area contributed by atoms with E-state index >= 15 is 0 Å². The fraction of sp³-hybridized carbons (Fsp3) is 0.417. The zero-order valence-corrected chi connectivity index (χ0v) is 10.2. The van der Waals surface area contributed by atoms with Crippen molar-refractivity contribution in [3.8, 4) is 0 Å². The van der Waals surface area contributed by atoms with Gasteiger partial charge in [0.1, 0.15) is 0 Å². The number of carbonyl (C=O) groups is 1. The van der Waals surface area contributed by atoms with Crippen LogP contribution >= 0.6 is 12.4 Å². The molecule has 3 nitrogen and oxygen atoms in total. The van der Waals surface area contributed by atoms with Gasteiger partial charge in [-0.05, 0) is 18.9 Å². The number of rotatable bonds is 5. The van der Waals surface area contributed by atoms with Crippen LogP contribution < -0.4 is 5.73 Å². The molecule has 0 aliphatic rings. The summed E-state index contributed by atoms with van der Waals surface area (Å²) in [5, 5.41) is 0. The first-order valence-electron chi connectivity index (χ1n) is 5.18. The van der Waals surface area contributed by atoms with E-state index in [1.165, 1.54) is 0 Å². The summed E-state index contributed by atoms with van der Waals surface area (Å²) in [7, 11) is 0. The third-order valence-electron chi connectivity index (χ3n) is 2.23. The predicted molar refractivity (Wildman–Crippen MR) is 66.6 cm³/mol. The Bertz CT molecular complexity index is 303. The first kappa shape index (κ1) is 14.9. The fourth-order valence-corrected chi connectivity index (χ4v) is 1.42. The average Bonchev–Trinajstić information content (AvgIpc) is 2.27. The SMILES string of the molecule is CCOC(=O)C(CN)Cc1ccccc1.Cl. The van der Waals surface area contributed by atoms with Gasteiger partial charge in [-0.1, -0.05) is 30.3 Å².